The molecule has 7 aromatic carbocycles. The van der Waals surface area contributed by atoms with Crippen LogP contribution in [0.2, 0.25) is 0 Å². The number of benzene rings is 7. The van der Waals surface area contributed by atoms with E-state index in [9.17, 15) is 0 Å². The predicted octanol–water partition coefficient (Wildman–Crippen LogP) is 10.6. The summed E-state index contributed by atoms with van der Waals surface area (Å²) in [5.74, 6) is 2.30. The predicted molar refractivity (Wildman–Crippen MR) is 214 cm³/mol. The highest BCUT2D eigenvalue weighted by Crippen LogP contribution is 2.47. The van der Waals surface area contributed by atoms with E-state index in [-0.39, 0.29) is 0 Å². The van der Waals surface area contributed by atoms with Crippen LogP contribution in [0.3, 0.4) is 0 Å². The van der Waals surface area contributed by atoms with Gasteiger partial charge in [0.15, 0.2) is 17.5 Å². The average Bonchev–Trinajstić information content (AvgIpc) is 3.60. The average molecular weight is 675 g/mol. The van der Waals surface area contributed by atoms with Crippen LogP contribution in [0, 0.1) is 0 Å². The van der Waals surface area contributed by atoms with Gasteiger partial charge >= 0.3 is 0 Å². The zero-order valence-electron chi connectivity index (χ0n) is 28.4. The van der Waals surface area contributed by atoms with Gasteiger partial charge in [-0.05, 0) is 51.6 Å². The Balaban J connectivity index is 1.11. The first kappa shape index (κ1) is 31.1. The van der Waals surface area contributed by atoms with Crippen LogP contribution < -0.4 is 4.74 Å². The highest BCUT2D eigenvalue weighted by atomic mass is 16.5. The van der Waals surface area contributed by atoms with Crippen molar-refractivity contribution in [2.75, 3.05) is 0 Å². The lowest BCUT2D eigenvalue weighted by Gasteiger charge is -2.37. The Hall–Kier alpha value is -6.72. The third kappa shape index (κ3) is 5.32. The number of rotatable bonds is 5. The van der Waals surface area contributed by atoms with E-state index in [1.165, 1.54) is 0 Å². The molecule has 53 heavy (non-hydrogen) atoms. The summed E-state index contributed by atoms with van der Waals surface area (Å²) in [7, 11) is 13.0. The van der Waals surface area contributed by atoms with E-state index in [0.29, 0.717) is 23.2 Å². The van der Waals surface area contributed by atoms with Gasteiger partial charge in [-0.1, -0.05) is 146 Å². The molecule has 0 fully saturated rings. The van der Waals surface area contributed by atoms with Crippen molar-refractivity contribution in [3.05, 3.63) is 169 Å². The molecular formula is C46H27B2N3O2. The number of fused-ring (bicyclic) bond motifs is 6. The van der Waals surface area contributed by atoms with Crippen LogP contribution in [0.1, 0.15) is 5.56 Å². The number of furan rings is 1. The fourth-order valence-corrected chi connectivity index (χ4v) is 7.33. The van der Waals surface area contributed by atoms with Crippen LogP contribution in [-0.4, -0.2) is 30.6 Å². The van der Waals surface area contributed by atoms with Crippen LogP contribution in [0.5, 0.6) is 5.75 Å². The third-order valence-electron chi connectivity index (χ3n) is 9.91. The largest absolute Gasteiger partial charge is 0.502 e. The van der Waals surface area contributed by atoms with E-state index in [1.807, 2.05) is 97.1 Å². The minimum Gasteiger partial charge on any atom is -0.502 e. The molecule has 0 N–H and O–H groups in total. The van der Waals surface area contributed by atoms with Gasteiger partial charge in [0.2, 0.25) is 0 Å². The Labute approximate surface area is 308 Å². The molecule has 9 aromatic rings. The van der Waals surface area contributed by atoms with Crippen molar-refractivity contribution in [1.82, 2.24) is 15.0 Å². The summed E-state index contributed by atoms with van der Waals surface area (Å²) >= 11 is 0. The molecule has 0 atom stereocenters. The molecule has 1 aliphatic heterocycles. The van der Waals surface area contributed by atoms with E-state index in [0.717, 1.165) is 77.6 Å². The SMILES string of the molecule is [B]C1([B])Oc2ccccc2-c2c(-c3ccc(-c4nc(-c5ccc(-c6ccccc6)cc5)nc(-c5cccc6c5oc5ccccc56)n4)cc3)cccc21. The zero-order chi connectivity index (χ0) is 35.5. The zero-order valence-corrected chi connectivity index (χ0v) is 28.4. The van der Waals surface area contributed by atoms with Crippen molar-refractivity contribution < 1.29 is 9.15 Å². The molecule has 5 nitrogen and oxygen atoms in total. The second-order valence-corrected chi connectivity index (χ2v) is 13.2. The number of para-hydroxylation sites is 3. The standard InChI is InChI=1S/C46H27B2N3O2/c47-46(48)38-17-9-14-33(41(38)36-13-5-7-19-40(36)53-46)30-22-26-32(27-23-30)44-49-43(31-24-20-29(21-25-31)28-10-2-1-3-11-28)50-45(51-44)37-16-8-15-35-34-12-4-6-18-39(34)52-42(35)37/h1-27H. The van der Waals surface area contributed by atoms with Crippen LogP contribution in [0.15, 0.2) is 168 Å². The van der Waals surface area contributed by atoms with E-state index in [4.69, 9.17) is 39.8 Å². The molecule has 1 aliphatic rings. The lowest BCUT2D eigenvalue weighted by molar-refractivity contribution is 0.241. The van der Waals surface area contributed by atoms with Crippen LogP contribution >= 0.6 is 0 Å². The molecule has 7 heteroatoms. The summed E-state index contributed by atoms with van der Waals surface area (Å²) in [5, 5.41) is 0.597. The van der Waals surface area contributed by atoms with Gasteiger partial charge in [-0.15, -0.1) is 0 Å². The number of aromatic nitrogens is 3. The molecule has 2 aromatic heterocycles. The minimum atomic E-state index is -1.46. The maximum Gasteiger partial charge on any atom is 0.167 e. The quantitative estimate of drug-likeness (QED) is 0.170. The van der Waals surface area contributed by atoms with Gasteiger partial charge in [0.25, 0.3) is 0 Å². The van der Waals surface area contributed by atoms with Crippen LogP contribution in [-0.2, 0) is 5.40 Å². The number of nitrogens with zero attached hydrogens (tertiary/aromatic N) is 3. The van der Waals surface area contributed by atoms with Crippen molar-refractivity contribution in [2.45, 2.75) is 5.40 Å². The number of hydrogen-bond donors (Lipinski definition) is 0. The molecule has 3 heterocycles. The topological polar surface area (TPSA) is 61.0 Å². The molecule has 0 amide bonds. The lowest BCUT2D eigenvalue weighted by Crippen LogP contribution is -2.37. The molecule has 0 spiro atoms. The first-order valence-corrected chi connectivity index (χ1v) is 17.4. The second-order valence-electron chi connectivity index (χ2n) is 13.2. The summed E-state index contributed by atoms with van der Waals surface area (Å²) in [4.78, 5) is 15.2. The van der Waals surface area contributed by atoms with E-state index >= 15 is 0 Å². The van der Waals surface area contributed by atoms with Crippen molar-refractivity contribution in [2.24, 2.45) is 0 Å². The van der Waals surface area contributed by atoms with Gasteiger partial charge in [0.05, 0.1) is 11.0 Å². The summed E-state index contributed by atoms with van der Waals surface area (Å²) in [6.07, 6.45) is 0. The summed E-state index contributed by atoms with van der Waals surface area (Å²) in [5.41, 5.74) is 11.0. The Bertz CT molecular complexity index is 2830. The molecule has 4 radical (unpaired) electrons. The molecule has 0 saturated heterocycles. The molecule has 0 saturated carbocycles. The van der Waals surface area contributed by atoms with E-state index in [1.54, 1.807) is 0 Å². The monoisotopic (exact) mass is 675 g/mol. The van der Waals surface area contributed by atoms with Gasteiger partial charge in [-0.2, -0.15) is 0 Å². The maximum absolute atomic E-state index is 6.50. The normalized spacial score (nSPS) is 13.0. The van der Waals surface area contributed by atoms with Crippen molar-refractivity contribution in [3.63, 3.8) is 0 Å². The molecule has 0 unspecified atom stereocenters. The molecule has 0 aliphatic carbocycles. The Kier molecular flexibility index (Phi) is 7.15. The Morgan fingerprint density at radius 1 is 0.415 bits per heavy atom. The first-order chi connectivity index (χ1) is 26.0. The molecule has 0 bridgehead atoms. The highest BCUT2D eigenvalue weighted by molar-refractivity contribution is 6.40. The smallest absolute Gasteiger partial charge is 0.167 e. The fraction of sp³-hybridized carbons (Fsp3) is 0.0217. The minimum absolute atomic E-state index is 0.529. The van der Waals surface area contributed by atoms with Crippen LogP contribution in [0.25, 0.3) is 89.5 Å². The summed E-state index contributed by atoms with van der Waals surface area (Å²) in [6, 6.07) is 54.8. The number of hydrogen-bond acceptors (Lipinski definition) is 5. The molecular weight excluding hydrogens is 648 g/mol. The fourth-order valence-electron chi connectivity index (χ4n) is 7.33. The van der Waals surface area contributed by atoms with Crippen molar-refractivity contribution >= 4 is 37.6 Å². The first-order valence-electron chi connectivity index (χ1n) is 17.4. The van der Waals surface area contributed by atoms with Crippen LogP contribution in [0.4, 0.5) is 0 Å². The van der Waals surface area contributed by atoms with Gasteiger partial charge in [-0.25, -0.2) is 15.0 Å². The van der Waals surface area contributed by atoms with Gasteiger partial charge in [-0.3, -0.25) is 0 Å². The summed E-state index contributed by atoms with van der Waals surface area (Å²) in [6.45, 7) is 0. The Morgan fingerprint density at radius 3 is 1.74 bits per heavy atom. The van der Waals surface area contributed by atoms with Crippen molar-refractivity contribution in [1.29, 1.82) is 0 Å². The van der Waals surface area contributed by atoms with Gasteiger partial charge < -0.3 is 9.15 Å². The highest BCUT2D eigenvalue weighted by Gasteiger charge is 2.33. The van der Waals surface area contributed by atoms with E-state index < -0.39 is 5.40 Å². The van der Waals surface area contributed by atoms with Gasteiger partial charge in [0.1, 0.15) is 32.6 Å². The van der Waals surface area contributed by atoms with Crippen molar-refractivity contribution in [3.8, 4) is 73.3 Å². The Morgan fingerprint density at radius 2 is 0.962 bits per heavy atom. The molecule has 10 rings (SSSR count). The van der Waals surface area contributed by atoms with Gasteiger partial charge in [0, 0.05) is 27.5 Å². The second kappa shape index (κ2) is 12.2. The number of ether oxygens (including phenoxy) is 1. The maximum atomic E-state index is 6.50. The third-order valence-corrected chi connectivity index (χ3v) is 9.91. The molecule has 244 valence electrons. The summed E-state index contributed by atoms with van der Waals surface area (Å²) < 4.78 is 12.4. The lowest BCUT2D eigenvalue weighted by atomic mass is 9.58. The van der Waals surface area contributed by atoms with E-state index in [2.05, 4.69) is 66.7 Å².